The average molecular weight is 324 g/mol. The molecular formula is C17H22ClNO3. The minimum atomic E-state index is -0.581. The van der Waals surface area contributed by atoms with Gasteiger partial charge in [-0.1, -0.05) is 24.3 Å². The van der Waals surface area contributed by atoms with Crippen LogP contribution in [0.4, 0.5) is 0 Å². The third-order valence-corrected chi connectivity index (χ3v) is 4.28. The van der Waals surface area contributed by atoms with Crippen LogP contribution in [0.5, 0.6) is 0 Å². The van der Waals surface area contributed by atoms with Crippen LogP contribution < -0.4 is 0 Å². The number of hydrogen-bond donors (Lipinski definition) is 1. The second kappa shape index (κ2) is 7.27. The van der Waals surface area contributed by atoms with E-state index in [1.807, 2.05) is 12.1 Å². The second-order valence-corrected chi connectivity index (χ2v) is 5.71. The lowest BCUT2D eigenvalue weighted by Gasteiger charge is -2.36. The SMILES string of the molecule is CCOC(=O)[C@H]1CN(CC2=Cc3ccccc32)CC[C@H]1O.Cl. The number of halogens is 1. The molecule has 1 N–H and O–H groups in total. The van der Waals surface area contributed by atoms with Crippen LogP contribution >= 0.6 is 12.4 Å². The van der Waals surface area contributed by atoms with Crippen LogP contribution in [0, 0.1) is 5.92 Å². The molecule has 1 aliphatic heterocycles. The van der Waals surface area contributed by atoms with Gasteiger partial charge in [-0.25, -0.2) is 0 Å². The van der Waals surface area contributed by atoms with Gasteiger partial charge in [0, 0.05) is 19.6 Å². The van der Waals surface area contributed by atoms with Gasteiger partial charge in [0.25, 0.3) is 0 Å². The van der Waals surface area contributed by atoms with Crippen molar-refractivity contribution in [2.24, 2.45) is 5.92 Å². The average Bonchev–Trinajstić information content (AvgIpc) is 2.46. The minimum Gasteiger partial charge on any atom is -0.466 e. The third kappa shape index (κ3) is 3.35. The predicted molar refractivity (Wildman–Crippen MR) is 88.7 cm³/mol. The van der Waals surface area contributed by atoms with Crippen molar-refractivity contribution >= 4 is 30.0 Å². The predicted octanol–water partition coefficient (Wildman–Crippen LogP) is 2.21. The lowest BCUT2D eigenvalue weighted by atomic mass is 9.87. The molecule has 1 aromatic carbocycles. The maximum absolute atomic E-state index is 11.9. The standard InChI is InChI=1S/C17H21NO3.ClH/c1-2-21-17(20)15-11-18(8-7-16(15)19)10-13-9-12-5-3-4-6-14(12)13;/h3-6,9,15-16,19H,2,7-8,10-11H2,1H3;1H/t15-,16+;/m0./s1. The maximum atomic E-state index is 11.9. The van der Waals surface area contributed by atoms with Crippen molar-refractivity contribution in [2.45, 2.75) is 19.4 Å². The zero-order chi connectivity index (χ0) is 14.8. The smallest absolute Gasteiger partial charge is 0.312 e. The van der Waals surface area contributed by atoms with Crippen molar-refractivity contribution in [1.82, 2.24) is 4.90 Å². The Kier molecular flexibility index (Phi) is 5.62. The Morgan fingerprint density at radius 2 is 2.18 bits per heavy atom. The number of esters is 1. The first-order valence-electron chi connectivity index (χ1n) is 7.56. The molecule has 0 amide bonds. The van der Waals surface area contributed by atoms with E-state index in [2.05, 4.69) is 23.1 Å². The Morgan fingerprint density at radius 3 is 2.91 bits per heavy atom. The summed E-state index contributed by atoms with van der Waals surface area (Å²) in [5.74, 6) is -0.702. The lowest BCUT2D eigenvalue weighted by Crippen LogP contribution is -2.47. The number of hydrogen-bond acceptors (Lipinski definition) is 4. The van der Waals surface area contributed by atoms with Gasteiger partial charge in [-0.3, -0.25) is 9.69 Å². The van der Waals surface area contributed by atoms with E-state index in [-0.39, 0.29) is 18.4 Å². The number of carbonyl (C=O) groups is 1. The monoisotopic (exact) mass is 323 g/mol. The summed E-state index contributed by atoms with van der Waals surface area (Å²) in [6.45, 7) is 4.37. The molecule has 5 heteroatoms. The fourth-order valence-electron chi connectivity index (χ4n) is 3.11. The Morgan fingerprint density at radius 1 is 1.41 bits per heavy atom. The van der Waals surface area contributed by atoms with E-state index >= 15 is 0 Å². The summed E-state index contributed by atoms with van der Waals surface area (Å²) in [6.07, 6.45) is 2.24. The summed E-state index contributed by atoms with van der Waals surface area (Å²) in [4.78, 5) is 14.1. The quantitative estimate of drug-likeness (QED) is 0.863. The number of fused-ring (bicyclic) bond motifs is 1. The molecule has 3 rings (SSSR count). The highest BCUT2D eigenvalue weighted by Crippen LogP contribution is 2.33. The number of nitrogens with zero attached hydrogens (tertiary/aromatic N) is 1. The molecule has 120 valence electrons. The van der Waals surface area contributed by atoms with Crippen molar-refractivity contribution in [3.05, 3.63) is 35.4 Å². The molecule has 0 saturated carbocycles. The normalized spacial score (nSPS) is 23.6. The van der Waals surface area contributed by atoms with Crippen LogP contribution in [0.2, 0.25) is 0 Å². The first-order valence-corrected chi connectivity index (χ1v) is 7.56. The summed E-state index contributed by atoms with van der Waals surface area (Å²) in [6, 6.07) is 8.33. The van der Waals surface area contributed by atoms with E-state index in [9.17, 15) is 9.90 Å². The first-order chi connectivity index (χ1) is 10.2. The van der Waals surface area contributed by atoms with Gasteiger partial charge in [-0.2, -0.15) is 0 Å². The van der Waals surface area contributed by atoms with Gasteiger partial charge in [0.15, 0.2) is 0 Å². The molecule has 1 aliphatic carbocycles. The number of carbonyl (C=O) groups excluding carboxylic acids is 1. The summed E-state index contributed by atoms with van der Waals surface area (Å²) >= 11 is 0. The zero-order valence-corrected chi connectivity index (χ0v) is 13.5. The number of ether oxygens (including phenoxy) is 1. The molecule has 0 radical (unpaired) electrons. The largest absolute Gasteiger partial charge is 0.466 e. The van der Waals surface area contributed by atoms with Crippen molar-refractivity contribution in [3.8, 4) is 0 Å². The molecule has 0 aromatic heterocycles. The van der Waals surface area contributed by atoms with Gasteiger partial charge in [0.05, 0.1) is 18.6 Å². The number of aliphatic hydroxyl groups is 1. The van der Waals surface area contributed by atoms with Gasteiger partial charge in [-0.05, 0) is 36.1 Å². The molecule has 1 saturated heterocycles. The fraction of sp³-hybridized carbons (Fsp3) is 0.471. The van der Waals surface area contributed by atoms with Gasteiger partial charge in [0.2, 0.25) is 0 Å². The maximum Gasteiger partial charge on any atom is 0.312 e. The highest BCUT2D eigenvalue weighted by Gasteiger charge is 2.34. The summed E-state index contributed by atoms with van der Waals surface area (Å²) in [5.41, 5.74) is 3.90. The number of piperidine rings is 1. The molecule has 1 heterocycles. The molecule has 0 unspecified atom stereocenters. The van der Waals surface area contributed by atoms with E-state index in [0.717, 1.165) is 13.1 Å². The van der Waals surface area contributed by atoms with E-state index in [4.69, 9.17) is 4.74 Å². The molecule has 0 spiro atoms. The van der Waals surface area contributed by atoms with Crippen LogP contribution in [0.3, 0.4) is 0 Å². The van der Waals surface area contributed by atoms with Crippen molar-refractivity contribution in [3.63, 3.8) is 0 Å². The summed E-state index contributed by atoms with van der Waals surface area (Å²) in [5, 5.41) is 10.0. The summed E-state index contributed by atoms with van der Waals surface area (Å²) < 4.78 is 5.06. The molecule has 2 aliphatic rings. The van der Waals surface area contributed by atoms with Gasteiger partial charge in [0.1, 0.15) is 0 Å². The molecule has 1 fully saturated rings. The molecular weight excluding hydrogens is 302 g/mol. The molecule has 0 bridgehead atoms. The highest BCUT2D eigenvalue weighted by atomic mass is 35.5. The highest BCUT2D eigenvalue weighted by molar-refractivity contribution is 5.96. The molecule has 2 atom stereocenters. The third-order valence-electron chi connectivity index (χ3n) is 4.28. The number of likely N-dealkylation sites (tertiary alicyclic amines) is 1. The fourth-order valence-corrected chi connectivity index (χ4v) is 3.11. The lowest BCUT2D eigenvalue weighted by molar-refractivity contribution is -0.155. The second-order valence-electron chi connectivity index (χ2n) is 5.71. The number of rotatable bonds is 4. The molecule has 22 heavy (non-hydrogen) atoms. The summed E-state index contributed by atoms with van der Waals surface area (Å²) in [7, 11) is 0. The Labute approximate surface area is 137 Å². The Balaban J connectivity index is 0.00000176. The van der Waals surface area contributed by atoms with Crippen LogP contribution in [0.15, 0.2) is 24.3 Å². The number of aliphatic hydroxyl groups excluding tert-OH is 1. The van der Waals surface area contributed by atoms with Crippen LogP contribution in [0.25, 0.3) is 11.6 Å². The first kappa shape index (κ1) is 17.0. The van der Waals surface area contributed by atoms with Crippen molar-refractivity contribution < 1.29 is 14.6 Å². The van der Waals surface area contributed by atoms with Gasteiger partial charge in [-0.15, -0.1) is 12.4 Å². The van der Waals surface area contributed by atoms with E-state index in [0.29, 0.717) is 19.6 Å². The minimum absolute atomic E-state index is 0. The molecule has 1 aromatic rings. The Bertz CT molecular complexity index is 573. The van der Waals surface area contributed by atoms with Crippen LogP contribution in [-0.4, -0.2) is 48.3 Å². The molecule has 4 nitrogen and oxygen atoms in total. The Hall–Kier alpha value is -1.36. The van der Waals surface area contributed by atoms with E-state index in [1.165, 1.54) is 16.7 Å². The van der Waals surface area contributed by atoms with Crippen LogP contribution in [0.1, 0.15) is 24.5 Å². The van der Waals surface area contributed by atoms with Gasteiger partial charge < -0.3 is 9.84 Å². The van der Waals surface area contributed by atoms with E-state index < -0.39 is 12.0 Å². The van der Waals surface area contributed by atoms with Crippen molar-refractivity contribution in [1.29, 1.82) is 0 Å². The van der Waals surface area contributed by atoms with E-state index in [1.54, 1.807) is 6.92 Å². The topological polar surface area (TPSA) is 49.8 Å². The zero-order valence-electron chi connectivity index (χ0n) is 12.7. The van der Waals surface area contributed by atoms with Gasteiger partial charge >= 0.3 is 5.97 Å². The number of benzene rings is 1. The van der Waals surface area contributed by atoms with Crippen LogP contribution in [-0.2, 0) is 9.53 Å². The van der Waals surface area contributed by atoms with Crippen molar-refractivity contribution in [2.75, 3.05) is 26.2 Å².